The minimum Gasteiger partial charge on any atom is -0.310 e. The second kappa shape index (κ2) is 6.91. The van der Waals surface area contributed by atoms with Gasteiger partial charge >= 0.3 is 0 Å². The Morgan fingerprint density at radius 3 is 1.95 bits per heavy atom. The van der Waals surface area contributed by atoms with Crippen LogP contribution in [0.5, 0.6) is 0 Å². The summed E-state index contributed by atoms with van der Waals surface area (Å²) in [4.78, 5) is 0. The highest BCUT2D eigenvalue weighted by Gasteiger charge is 2.28. The Hall–Kier alpha value is -1.60. The van der Waals surface area contributed by atoms with E-state index in [1.54, 1.807) is 0 Å². The van der Waals surface area contributed by atoms with Gasteiger partial charge in [0.15, 0.2) is 0 Å². The van der Waals surface area contributed by atoms with Gasteiger partial charge in [0.2, 0.25) is 0 Å². The Labute approximate surface area is 129 Å². The largest absolute Gasteiger partial charge is 0.310 e. The molecule has 1 unspecified atom stereocenters. The molecular formula is C20H27N. The zero-order valence-electron chi connectivity index (χ0n) is 13.7. The standard InChI is InChI=1S/C20H27N/c1-5-20(3,4)19(21-6-2)18-14-12-17(13-15-18)16-10-8-7-9-11-16/h7-15,19,21H,5-6H2,1-4H3. The molecule has 2 aromatic carbocycles. The highest BCUT2D eigenvalue weighted by molar-refractivity contribution is 5.63. The van der Waals surface area contributed by atoms with E-state index >= 15 is 0 Å². The SMILES string of the molecule is CCNC(c1ccc(-c2ccccc2)cc1)C(C)(C)CC. The fraction of sp³-hybridized carbons (Fsp3) is 0.400. The second-order valence-electron chi connectivity index (χ2n) is 6.32. The van der Waals surface area contributed by atoms with Gasteiger partial charge in [0.05, 0.1) is 0 Å². The molecule has 0 saturated heterocycles. The zero-order valence-corrected chi connectivity index (χ0v) is 13.7. The molecule has 0 aromatic heterocycles. The fourth-order valence-electron chi connectivity index (χ4n) is 2.75. The summed E-state index contributed by atoms with van der Waals surface area (Å²) in [5.74, 6) is 0. The first kappa shape index (κ1) is 15.8. The molecule has 2 aromatic rings. The molecule has 1 heteroatoms. The quantitative estimate of drug-likeness (QED) is 0.743. The van der Waals surface area contributed by atoms with Gasteiger partial charge in [-0.1, -0.05) is 82.3 Å². The molecule has 1 nitrogen and oxygen atoms in total. The van der Waals surface area contributed by atoms with Crippen LogP contribution in [0.3, 0.4) is 0 Å². The van der Waals surface area contributed by atoms with Crippen LogP contribution in [0.1, 0.15) is 45.7 Å². The summed E-state index contributed by atoms with van der Waals surface area (Å²) in [6.45, 7) is 10.1. The van der Waals surface area contributed by atoms with Gasteiger partial charge in [-0.25, -0.2) is 0 Å². The Morgan fingerprint density at radius 1 is 0.857 bits per heavy atom. The van der Waals surface area contributed by atoms with Crippen LogP contribution < -0.4 is 5.32 Å². The highest BCUT2D eigenvalue weighted by atomic mass is 14.9. The van der Waals surface area contributed by atoms with Crippen LogP contribution in [-0.4, -0.2) is 6.54 Å². The smallest absolute Gasteiger partial charge is 0.0371 e. The molecule has 0 fully saturated rings. The zero-order chi connectivity index (χ0) is 15.3. The van der Waals surface area contributed by atoms with E-state index in [0.717, 1.165) is 13.0 Å². The van der Waals surface area contributed by atoms with E-state index in [1.807, 2.05) is 0 Å². The van der Waals surface area contributed by atoms with Crippen LogP contribution in [-0.2, 0) is 0 Å². The van der Waals surface area contributed by atoms with Crippen LogP contribution in [0.2, 0.25) is 0 Å². The first-order valence-electron chi connectivity index (χ1n) is 7.97. The monoisotopic (exact) mass is 281 g/mol. The summed E-state index contributed by atoms with van der Waals surface area (Å²) in [5.41, 5.74) is 4.19. The minimum atomic E-state index is 0.254. The van der Waals surface area contributed by atoms with Gasteiger partial charge < -0.3 is 5.32 Å². The van der Waals surface area contributed by atoms with Gasteiger partial charge in [-0.15, -0.1) is 0 Å². The lowest BCUT2D eigenvalue weighted by molar-refractivity contribution is 0.237. The Bertz CT molecular complexity index is 540. The molecule has 0 aliphatic carbocycles. The molecule has 0 aliphatic heterocycles. The summed E-state index contributed by atoms with van der Waals surface area (Å²) in [6.07, 6.45) is 1.16. The van der Waals surface area contributed by atoms with E-state index in [9.17, 15) is 0 Å². The molecule has 0 heterocycles. The van der Waals surface area contributed by atoms with Crippen molar-refractivity contribution in [2.45, 2.75) is 40.2 Å². The van der Waals surface area contributed by atoms with E-state index in [1.165, 1.54) is 16.7 Å². The van der Waals surface area contributed by atoms with Crippen molar-refractivity contribution < 1.29 is 0 Å². The molecule has 0 bridgehead atoms. The van der Waals surface area contributed by atoms with E-state index < -0.39 is 0 Å². The van der Waals surface area contributed by atoms with Crippen molar-refractivity contribution in [3.8, 4) is 11.1 Å². The lowest BCUT2D eigenvalue weighted by Gasteiger charge is -2.34. The van der Waals surface area contributed by atoms with Crippen molar-refractivity contribution >= 4 is 0 Å². The average Bonchev–Trinajstić information content (AvgIpc) is 2.53. The first-order valence-corrected chi connectivity index (χ1v) is 7.97. The van der Waals surface area contributed by atoms with Crippen LogP contribution >= 0.6 is 0 Å². The van der Waals surface area contributed by atoms with Crippen molar-refractivity contribution in [2.75, 3.05) is 6.54 Å². The lowest BCUT2D eigenvalue weighted by Crippen LogP contribution is -2.33. The van der Waals surface area contributed by atoms with Crippen molar-refractivity contribution in [1.29, 1.82) is 0 Å². The number of rotatable bonds is 6. The normalized spacial score (nSPS) is 13.1. The molecular weight excluding hydrogens is 254 g/mol. The fourth-order valence-corrected chi connectivity index (χ4v) is 2.75. The summed E-state index contributed by atoms with van der Waals surface area (Å²) in [5, 5.41) is 3.65. The topological polar surface area (TPSA) is 12.0 Å². The van der Waals surface area contributed by atoms with Crippen molar-refractivity contribution in [1.82, 2.24) is 5.32 Å². The van der Waals surface area contributed by atoms with E-state index in [2.05, 4.69) is 87.6 Å². The second-order valence-corrected chi connectivity index (χ2v) is 6.32. The Morgan fingerprint density at radius 2 is 1.43 bits per heavy atom. The third-order valence-corrected chi connectivity index (χ3v) is 4.45. The molecule has 0 aliphatic rings. The molecule has 0 spiro atoms. The third kappa shape index (κ3) is 3.74. The van der Waals surface area contributed by atoms with Crippen LogP contribution in [0, 0.1) is 5.41 Å². The maximum absolute atomic E-state index is 3.65. The molecule has 21 heavy (non-hydrogen) atoms. The molecule has 112 valence electrons. The predicted molar refractivity (Wildman–Crippen MR) is 92.4 cm³/mol. The third-order valence-electron chi connectivity index (χ3n) is 4.45. The Kier molecular flexibility index (Phi) is 5.19. The Balaban J connectivity index is 2.28. The summed E-state index contributed by atoms with van der Waals surface area (Å²) in [7, 11) is 0. The number of hydrogen-bond acceptors (Lipinski definition) is 1. The van der Waals surface area contributed by atoms with Gasteiger partial charge in [0, 0.05) is 6.04 Å². The molecule has 2 rings (SSSR count). The van der Waals surface area contributed by atoms with E-state index in [0.29, 0.717) is 6.04 Å². The van der Waals surface area contributed by atoms with E-state index in [-0.39, 0.29) is 5.41 Å². The van der Waals surface area contributed by atoms with Gasteiger partial charge in [-0.3, -0.25) is 0 Å². The maximum atomic E-state index is 3.65. The number of hydrogen-bond donors (Lipinski definition) is 1. The lowest BCUT2D eigenvalue weighted by atomic mass is 9.78. The molecule has 0 radical (unpaired) electrons. The van der Waals surface area contributed by atoms with Gasteiger partial charge in [0.25, 0.3) is 0 Å². The predicted octanol–water partition coefficient (Wildman–Crippen LogP) is 5.44. The molecule has 1 N–H and O–H groups in total. The molecule has 1 atom stereocenters. The van der Waals surface area contributed by atoms with Crippen LogP contribution in [0.25, 0.3) is 11.1 Å². The van der Waals surface area contributed by atoms with E-state index in [4.69, 9.17) is 0 Å². The summed E-state index contributed by atoms with van der Waals surface area (Å²) < 4.78 is 0. The average molecular weight is 281 g/mol. The van der Waals surface area contributed by atoms with Gasteiger partial charge in [0.1, 0.15) is 0 Å². The van der Waals surface area contributed by atoms with Crippen molar-refractivity contribution in [3.05, 3.63) is 60.2 Å². The van der Waals surface area contributed by atoms with Gasteiger partial charge in [-0.05, 0) is 35.1 Å². The molecule has 0 saturated carbocycles. The summed E-state index contributed by atoms with van der Waals surface area (Å²) in [6, 6.07) is 20.0. The van der Waals surface area contributed by atoms with Gasteiger partial charge in [-0.2, -0.15) is 0 Å². The van der Waals surface area contributed by atoms with Crippen molar-refractivity contribution in [2.24, 2.45) is 5.41 Å². The molecule has 0 amide bonds. The minimum absolute atomic E-state index is 0.254. The maximum Gasteiger partial charge on any atom is 0.0371 e. The van der Waals surface area contributed by atoms with Crippen molar-refractivity contribution in [3.63, 3.8) is 0 Å². The highest BCUT2D eigenvalue weighted by Crippen LogP contribution is 2.36. The van der Waals surface area contributed by atoms with Crippen LogP contribution in [0.4, 0.5) is 0 Å². The number of benzene rings is 2. The van der Waals surface area contributed by atoms with Crippen LogP contribution in [0.15, 0.2) is 54.6 Å². The summed E-state index contributed by atoms with van der Waals surface area (Å²) >= 11 is 0. The first-order chi connectivity index (χ1) is 10.1. The number of nitrogens with one attached hydrogen (secondary N) is 1.